The van der Waals surface area contributed by atoms with Crippen molar-refractivity contribution in [1.82, 2.24) is 24.4 Å². The number of benzene rings is 2. The van der Waals surface area contributed by atoms with Crippen LogP contribution in [0.3, 0.4) is 0 Å². The Balaban J connectivity index is 1.54. The number of anilines is 3. The molecule has 1 saturated heterocycles. The molecule has 0 radical (unpaired) electrons. The second-order valence-corrected chi connectivity index (χ2v) is 9.69. The molecule has 0 atom stereocenters. The van der Waals surface area contributed by atoms with Gasteiger partial charge in [0.05, 0.1) is 27.7 Å². The highest BCUT2D eigenvalue weighted by Crippen LogP contribution is 2.41. The molecular weight excluding hydrogens is 482 g/mol. The highest BCUT2D eigenvalue weighted by atomic mass is 16.5. The van der Waals surface area contributed by atoms with Gasteiger partial charge in [-0.15, -0.1) is 0 Å². The lowest BCUT2D eigenvalue weighted by molar-refractivity contribution is 0.313. The fourth-order valence-electron chi connectivity index (χ4n) is 4.69. The molecule has 0 unspecified atom stereocenters. The summed E-state index contributed by atoms with van der Waals surface area (Å²) < 4.78 is 18.6. The third-order valence-electron chi connectivity index (χ3n) is 6.90. The van der Waals surface area contributed by atoms with Crippen LogP contribution in [-0.4, -0.2) is 79.0 Å². The Morgan fingerprint density at radius 1 is 0.868 bits per heavy atom. The van der Waals surface area contributed by atoms with E-state index >= 15 is 0 Å². The van der Waals surface area contributed by atoms with E-state index in [2.05, 4.69) is 69.8 Å². The molecule has 200 valence electrons. The second-order valence-electron chi connectivity index (χ2n) is 9.69. The number of fused-ring (bicyclic) bond motifs is 1. The topological polar surface area (TPSA) is 89.8 Å². The Kier molecular flexibility index (Phi) is 7.24. The third kappa shape index (κ3) is 4.91. The van der Waals surface area contributed by atoms with Crippen molar-refractivity contribution >= 4 is 28.4 Å². The number of imidazole rings is 1. The predicted molar refractivity (Wildman–Crippen MR) is 150 cm³/mol. The zero-order chi connectivity index (χ0) is 26.8. The normalized spacial score (nSPS) is 14.2. The number of aromatic nitrogens is 4. The highest BCUT2D eigenvalue weighted by molar-refractivity contribution is 5.88. The molecule has 0 saturated carbocycles. The number of hydrogen-bond acceptors (Lipinski definition) is 9. The molecule has 0 bridgehead atoms. The van der Waals surface area contributed by atoms with E-state index in [1.54, 1.807) is 21.3 Å². The molecule has 0 aliphatic carbocycles. The van der Waals surface area contributed by atoms with Gasteiger partial charge in [-0.05, 0) is 45.2 Å². The van der Waals surface area contributed by atoms with Crippen molar-refractivity contribution in [3.05, 3.63) is 42.7 Å². The summed E-state index contributed by atoms with van der Waals surface area (Å²) in [5, 5.41) is 3.42. The summed E-state index contributed by atoms with van der Waals surface area (Å²) in [5.74, 6) is 2.85. The SMILES string of the molecule is COc1cc(Nc2nc(-c3ccc(N4CCN(C)CC4)cc3)nc3c2ncn3C(C)C)cc(OC)c1OC. The van der Waals surface area contributed by atoms with Crippen LogP contribution < -0.4 is 24.4 Å². The largest absolute Gasteiger partial charge is 0.493 e. The van der Waals surface area contributed by atoms with Crippen molar-refractivity contribution in [3.8, 4) is 28.6 Å². The summed E-state index contributed by atoms with van der Waals surface area (Å²) in [5.41, 5.74) is 4.34. The first-order chi connectivity index (χ1) is 18.4. The molecule has 1 aliphatic rings. The van der Waals surface area contributed by atoms with Crippen LogP contribution in [0.2, 0.25) is 0 Å². The maximum absolute atomic E-state index is 5.54. The standard InChI is InChI=1S/C28H35N7O3/c1-18(2)35-17-29-24-27(30-20-15-22(36-4)25(38-6)23(16-20)37-5)31-26(32-28(24)35)19-7-9-21(10-8-19)34-13-11-33(3)12-14-34/h7-10,15-18H,11-14H2,1-6H3,(H,30,31,32). The number of nitrogens with zero attached hydrogens (tertiary/aromatic N) is 6. The van der Waals surface area contributed by atoms with Gasteiger partial charge in [-0.2, -0.15) is 0 Å². The second kappa shape index (κ2) is 10.7. The van der Waals surface area contributed by atoms with Gasteiger partial charge in [-0.3, -0.25) is 0 Å². The molecule has 10 heteroatoms. The van der Waals surface area contributed by atoms with Crippen LogP contribution in [0.5, 0.6) is 17.2 Å². The predicted octanol–water partition coefficient (Wildman–Crippen LogP) is 4.60. The number of piperazine rings is 1. The molecule has 1 fully saturated rings. The van der Waals surface area contributed by atoms with Crippen LogP contribution in [0.1, 0.15) is 19.9 Å². The number of nitrogens with one attached hydrogen (secondary N) is 1. The Morgan fingerprint density at radius 2 is 1.53 bits per heavy atom. The fraction of sp³-hybridized carbons (Fsp3) is 0.393. The molecule has 0 amide bonds. The van der Waals surface area contributed by atoms with E-state index < -0.39 is 0 Å². The van der Waals surface area contributed by atoms with Crippen LogP contribution in [-0.2, 0) is 0 Å². The van der Waals surface area contributed by atoms with Crippen molar-refractivity contribution in [2.75, 3.05) is 64.8 Å². The van der Waals surface area contributed by atoms with Crippen molar-refractivity contribution in [2.24, 2.45) is 0 Å². The zero-order valence-electron chi connectivity index (χ0n) is 22.9. The van der Waals surface area contributed by atoms with Gasteiger partial charge >= 0.3 is 0 Å². The van der Waals surface area contributed by atoms with Crippen LogP contribution in [0.4, 0.5) is 17.2 Å². The average molecular weight is 518 g/mol. The number of rotatable bonds is 8. The van der Waals surface area contributed by atoms with Crippen LogP contribution in [0.25, 0.3) is 22.6 Å². The van der Waals surface area contributed by atoms with Crippen molar-refractivity contribution in [3.63, 3.8) is 0 Å². The molecule has 1 N–H and O–H groups in total. The Bertz CT molecular complexity index is 1390. The number of ether oxygens (including phenoxy) is 3. The van der Waals surface area contributed by atoms with Gasteiger partial charge in [0.15, 0.2) is 34.3 Å². The molecule has 0 spiro atoms. The minimum absolute atomic E-state index is 0.191. The van der Waals surface area contributed by atoms with E-state index in [0.717, 1.165) is 43.1 Å². The molecule has 5 rings (SSSR count). The number of methoxy groups -OCH3 is 3. The molecule has 2 aromatic heterocycles. The maximum Gasteiger partial charge on any atom is 0.203 e. The number of likely N-dealkylation sites (N-methyl/N-ethyl adjacent to an activating group) is 1. The average Bonchev–Trinajstić information content (AvgIpc) is 3.38. The van der Waals surface area contributed by atoms with E-state index in [4.69, 9.17) is 24.2 Å². The van der Waals surface area contributed by atoms with Crippen molar-refractivity contribution < 1.29 is 14.2 Å². The minimum atomic E-state index is 0.191. The molecule has 3 heterocycles. The van der Waals surface area contributed by atoms with Crippen molar-refractivity contribution in [1.29, 1.82) is 0 Å². The summed E-state index contributed by atoms with van der Waals surface area (Å²) in [7, 11) is 6.94. The summed E-state index contributed by atoms with van der Waals surface area (Å²) in [6, 6.07) is 12.4. The Hall–Kier alpha value is -4.05. The number of hydrogen-bond donors (Lipinski definition) is 1. The highest BCUT2D eigenvalue weighted by Gasteiger charge is 2.19. The summed E-state index contributed by atoms with van der Waals surface area (Å²) in [6.45, 7) is 8.40. The van der Waals surface area contributed by atoms with E-state index in [9.17, 15) is 0 Å². The van der Waals surface area contributed by atoms with Crippen molar-refractivity contribution in [2.45, 2.75) is 19.9 Å². The smallest absolute Gasteiger partial charge is 0.203 e. The van der Waals surface area contributed by atoms with Gasteiger partial charge in [0.2, 0.25) is 5.75 Å². The fourth-order valence-corrected chi connectivity index (χ4v) is 4.69. The van der Waals surface area contributed by atoms with Crippen LogP contribution in [0.15, 0.2) is 42.7 Å². The Labute approximate surface area is 223 Å². The van der Waals surface area contributed by atoms with Gasteiger partial charge in [0.25, 0.3) is 0 Å². The summed E-state index contributed by atoms with van der Waals surface area (Å²) in [4.78, 5) is 19.3. The van der Waals surface area contributed by atoms with E-state index in [1.807, 2.05) is 18.5 Å². The molecule has 2 aromatic carbocycles. The lowest BCUT2D eigenvalue weighted by Gasteiger charge is -2.34. The zero-order valence-corrected chi connectivity index (χ0v) is 22.9. The molecule has 1 aliphatic heterocycles. The first-order valence-corrected chi connectivity index (χ1v) is 12.8. The third-order valence-corrected chi connectivity index (χ3v) is 6.90. The minimum Gasteiger partial charge on any atom is -0.493 e. The van der Waals surface area contributed by atoms with E-state index in [-0.39, 0.29) is 6.04 Å². The lowest BCUT2D eigenvalue weighted by Crippen LogP contribution is -2.44. The van der Waals surface area contributed by atoms with E-state index in [1.165, 1.54) is 5.69 Å². The van der Waals surface area contributed by atoms with Gasteiger partial charge < -0.3 is 33.9 Å². The maximum atomic E-state index is 5.54. The van der Waals surface area contributed by atoms with E-state index in [0.29, 0.717) is 34.4 Å². The van der Waals surface area contributed by atoms with Crippen LogP contribution >= 0.6 is 0 Å². The lowest BCUT2D eigenvalue weighted by atomic mass is 10.1. The summed E-state index contributed by atoms with van der Waals surface area (Å²) >= 11 is 0. The first-order valence-electron chi connectivity index (χ1n) is 12.8. The molecule has 38 heavy (non-hydrogen) atoms. The monoisotopic (exact) mass is 517 g/mol. The molecular formula is C28H35N7O3. The van der Waals surface area contributed by atoms with Gasteiger partial charge in [0.1, 0.15) is 0 Å². The molecule has 10 nitrogen and oxygen atoms in total. The van der Waals surface area contributed by atoms with Gasteiger partial charge in [-0.1, -0.05) is 0 Å². The van der Waals surface area contributed by atoms with Gasteiger partial charge in [-0.25, -0.2) is 15.0 Å². The summed E-state index contributed by atoms with van der Waals surface area (Å²) in [6.07, 6.45) is 1.81. The van der Waals surface area contributed by atoms with Gasteiger partial charge in [0, 0.05) is 61.3 Å². The first kappa shape index (κ1) is 25.6. The van der Waals surface area contributed by atoms with Crippen LogP contribution in [0, 0.1) is 0 Å². The Morgan fingerprint density at radius 3 is 2.11 bits per heavy atom. The molecule has 4 aromatic rings. The quantitative estimate of drug-likeness (QED) is 0.360.